The fourth-order valence-electron chi connectivity index (χ4n) is 4.75. The van der Waals surface area contributed by atoms with Crippen molar-refractivity contribution >= 4 is 50.9 Å². The number of aliphatic imine (C=N–C) groups is 1. The number of thioether (sulfide) groups is 1. The van der Waals surface area contributed by atoms with Crippen LogP contribution in [-0.4, -0.2) is 33.7 Å². The van der Waals surface area contributed by atoms with Crippen molar-refractivity contribution in [2.45, 2.75) is 50.7 Å². The first-order chi connectivity index (χ1) is 17.6. The smallest absolute Gasteiger partial charge is 0.242 e. The van der Waals surface area contributed by atoms with Gasteiger partial charge in [-0.2, -0.15) is 0 Å². The molecule has 5 nitrogen and oxygen atoms in total. The molecule has 36 heavy (non-hydrogen) atoms. The monoisotopic (exact) mass is 497 g/mol. The number of nitrogens with zero attached hydrogens (tertiary/aromatic N) is 2. The number of allylic oxidation sites excluding steroid dienone is 1. The van der Waals surface area contributed by atoms with Crippen LogP contribution in [0.2, 0.25) is 0 Å². The molecule has 1 saturated heterocycles. The summed E-state index contributed by atoms with van der Waals surface area (Å²) < 4.78 is 0. The van der Waals surface area contributed by atoms with Crippen molar-refractivity contribution in [1.29, 1.82) is 0 Å². The van der Waals surface area contributed by atoms with E-state index in [-0.39, 0.29) is 18.2 Å². The topological polar surface area (TPSA) is 61.8 Å². The molecule has 1 fully saturated rings. The maximum absolute atomic E-state index is 13.5. The zero-order valence-corrected chi connectivity index (χ0v) is 21.4. The molecule has 1 atom stereocenters. The molecule has 6 heteroatoms. The summed E-state index contributed by atoms with van der Waals surface area (Å²) in [6.45, 7) is 2.64. The molecule has 1 N–H and O–H groups in total. The van der Waals surface area contributed by atoms with Crippen LogP contribution in [-0.2, 0) is 9.59 Å². The molecule has 0 saturated carbocycles. The summed E-state index contributed by atoms with van der Waals surface area (Å²) in [6, 6.07) is 21.8. The average molecular weight is 498 g/mol. The van der Waals surface area contributed by atoms with Gasteiger partial charge < -0.3 is 5.32 Å². The van der Waals surface area contributed by atoms with E-state index in [2.05, 4.69) is 11.4 Å². The van der Waals surface area contributed by atoms with Gasteiger partial charge in [-0.1, -0.05) is 77.5 Å². The quantitative estimate of drug-likeness (QED) is 0.358. The lowest BCUT2D eigenvalue weighted by Gasteiger charge is -2.19. The van der Waals surface area contributed by atoms with E-state index >= 15 is 0 Å². The van der Waals surface area contributed by atoms with Gasteiger partial charge in [-0.25, -0.2) is 4.99 Å². The molecule has 1 unspecified atom stereocenters. The largest absolute Gasteiger partial charge is 0.325 e. The van der Waals surface area contributed by atoms with Gasteiger partial charge in [-0.05, 0) is 62.6 Å². The Labute approximate surface area is 216 Å². The van der Waals surface area contributed by atoms with Crippen molar-refractivity contribution in [3.05, 3.63) is 83.9 Å². The van der Waals surface area contributed by atoms with Crippen molar-refractivity contribution in [3.8, 4) is 0 Å². The van der Waals surface area contributed by atoms with Gasteiger partial charge >= 0.3 is 0 Å². The molecule has 1 aliphatic carbocycles. The maximum Gasteiger partial charge on any atom is 0.242 e. The van der Waals surface area contributed by atoms with E-state index in [9.17, 15) is 9.59 Å². The molecule has 1 aliphatic heterocycles. The predicted molar refractivity (Wildman–Crippen MR) is 150 cm³/mol. The van der Waals surface area contributed by atoms with Gasteiger partial charge in [-0.3, -0.25) is 14.5 Å². The van der Waals surface area contributed by atoms with Crippen LogP contribution < -0.4 is 5.32 Å². The first-order valence-corrected chi connectivity index (χ1v) is 13.5. The SMILES string of the molecule is Cc1ccc(N=C2SC(CC(=O)Nc3cccc4ccccc34)C(=O)N2CCC2=CCCCC2)cc1. The number of fused-ring (bicyclic) bond motifs is 1. The summed E-state index contributed by atoms with van der Waals surface area (Å²) in [5.41, 5.74) is 4.17. The summed E-state index contributed by atoms with van der Waals surface area (Å²) in [7, 11) is 0. The molecule has 0 radical (unpaired) electrons. The number of anilines is 1. The summed E-state index contributed by atoms with van der Waals surface area (Å²) in [6.07, 6.45) is 7.98. The van der Waals surface area contributed by atoms with Crippen LogP contribution in [0.3, 0.4) is 0 Å². The molecule has 1 heterocycles. The number of aryl methyl sites for hydroxylation is 1. The molecular weight excluding hydrogens is 466 g/mol. The van der Waals surface area contributed by atoms with Crippen LogP contribution in [0, 0.1) is 6.92 Å². The minimum Gasteiger partial charge on any atom is -0.325 e. The number of benzene rings is 3. The predicted octanol–water partition coefficient (Wildman–Crippen LogP) is 7.00. The molecule has 3 aromatic carbocycles. The number of amidine groups is 1. The molecule has 184 valence electrons. The van der Waals surface area contributed by atoms with Crippen molar-refractivity contribution in [1.82, 2.24) is 4.90 Å². The average Bonchev–Trinajstić information content (AvgIpc) is 3.18. The van der Waals surface area contributed by atoms with E-state index in [4.69, 9.17) is 4.99 Å². The molecule has 5 rings (SSSR count). The van der Waals surface area contributed by atoms with Crippen LogP contribution in [0.5, 0.6) is 0 Å². The normalized spacial score (nSPS) is 19.1. The number of nitrogens with one attached hydrogen (secondary N) is 1. The molecule has 0 bridgehead atoms. The molecular formula is C30H31N3O2S. The summed E-state index contributed by atoms with van der Waals surface area (Å²) in [5.74, 6) is -0.195. The number of carbonyl (C=O) groups is 2. The van der Waals surface area contributed by atoms with Crippen LogP contribution in [0.25, 0.3) is 10.8 Å². The second kappa shape index (κ2) is 11.1. The Kier molecular flexibility index (Phi) is 7.52. The summed E-state index contributed by atoms with van der Waals surface area (Å²) in [4.78, 5) is 33.1. The highest BCUT2D eigenvalue weighted by molar-refractivity contribution is 8.15. The fourth-order valence-corrected chi connectivity index (χ4v) is 5.94. The third-order valence-electron chi connectivity index (χ3n) is 6.75. The number of amides is 2. The number of rotatable bonds is 7. The molecule has 2 aliphatic rings. The summed E-state index contributed by atoms with van der Waals surface area (Å²) >= 11 is 1.40. The minimum absolute atomic E-state index is 0.0321. The maximum atomic E-state index is 13.5. The Balaban J connectivity index is 1.32. The van der Waals surface area contributed by atoms with Crippen molar-refractivity contribution in [2.24, 2.45) is 4.99 Å². The highest BCUT2D eigenvalue weighted by Crippen LogP contribution is 2.33. The Morgan fingerprint density at radius 2 is 1.86 bits per heavy atom. The molecule has 3 aromatic rings. The van der Waals surface area contributed by atoms with Crippen molar-refractivity contribution in [3.63, 3.8) is 0 Å². The van der Waals surface area contributed by atoms with Crippen LogP contribution in [0.15, 0.2) is 83.4 Å². The Hall–Kier alpha value is -3.38. The third kappa shape index (κ3) is 5.71. The number of hydrogen-bond donors (Lipinski definition) is 1. The lowest BCUT2D eigenvalue weighted by Crippen LogP contribution is -2.34. The summed E-state index contributed by atoms with van der Waals surface area (Å²) in [5, 5.41) is 5.29. The second-order valence-corrected chi connectivity index (χ2v) is 10.6. The second-order valence-electron chi connectivity index (χ2n) is 9.46. The van der Waals surface area contributed by atoms with Crippen LogP contribution >= 0.6 is 11.8 Å². The lowest BCUT2D eigenvalue weighted by molar-refractivity contribution is -0.128. The minimum atomic E-state index is -0.482. The lowest BCUT2D eigenvalue weighted by atomic mass is 9.97. The Morgan fingerprint density at radius 3 is 2.67 bits per heavy atom. The molecule has 0 spiro atoms. The first kappa shape index (κ1) is 24.3. The zero-order valence-electron chi connectivity index (χ0n) is 20.6. The van der Waals surface area contributed by atoms with Crippen molar-refractivity contribution < 1.29 is 9.59 Å². The highest BCUT2D eigenvalue weighted by Gasteiger charge is 2.39. The van der Waals surface area contributed by atoms with E-state index in [0.29, 0.717) is 11.7 Å². The highest BCUT2D eigenvalue weighted by atomic mass is 32.2. The van der Waals surface area contributed by atoms with Gasteiger partial charge in [0.05, 0.1) is 5.69 Å². The van der Waals surface area contributed by atoms with Gasteiger partial charge in [0.1, 0.15) is 5.25 Å². The van der Waals surface area contributed by atoms with Gasteiger partial charge in [0, 0.05) is 24.0 Å². The Bertz CT molecular complexity index is 1320. The zero-order chi connectivity index (χ0) is 24.9. The van der Waals surface area contributed by atoms with E-state index < -0.39 is 5.25 Å². The van der Waals surface area contributed by atoms with Crippen molar-refractivity contribution in [2.75, 3.05) is 11.9 Å². The van der Waals surface area contributed by atoms with Gasteiger partial charge in [-0.15, -0.1) is 0 Å². The van der Waals surface area contributed by atoms with Crippen LogP contribution in [0.4, 0.5) is 11.4 Å². The van der Waals surface area contributed by atoms with E-state index in [0.717, 1.165) is 47.0 Å². The number of carbonyl (C=O) groups excluding carboxylic acids is 2. The molecule has 0 aromatic heterocycles. The fraction of sp³-hybridized carbons (Fsp3) is 0.300. The van der Waals surface area contributed by atoms with E-state index in [1.165, 1.54) is 30.2 Å². The molecule has 2 amide bonds. The van der Waals surface area contributed by atoms with Crippen LogP contribution in [0.1, 0.15) is 44.1 Å². The standard InChI is InChI=1S/C30H31N3O2S/c1-21-14-16-24(17-15-21)31-30-33(19-18-22-8-3-2-4-9-22)29(35)27(36-30)20-28(34)32-26-13-7-11-23-10-5-6-12-25(23)26/h5-8,10-17,27H,2-4,9,18-20H2,1H3,(H,32,34). The third-order valence-corrected chi connectivity index (χ3v) is 7.93. The van der Waals surface area contributed by atoms with E-state index in [1.54, 1.807) is 4.90 Å². The number of hydrogen-bond acceptors (Lipinski definition) is 4. The van der Waals surface area contributed by atoms with Gasteiger partial charge in [0.2, 0.25) is 11.8 Å². The van der Waals surface area contributed by atoms with Gasteiger partial charge in [0.25, 0.3) is 0 Å². The van der Waals surface area contributed by atoms with E-state index in [1.807, 2.05) is 73.7 Å². The van der Waals surface area contributed by atoms with Gasteiger partial charge in [0.15, 0.2) is 5.17 Å². The first-order valence-electron chi connectivity index (χ1n) is 12.7. The Morgan fingerprint density at radius 1 is 1.06 bits per heavy atom.